The summed E-state index contributed by atoms with van der Waals surface area (Å²) < 4.78 is 30.4. The third-order valence-corrected chi connectivity index (χ3v) is 8.83. The number of methoxy groups -OCH3 is 1. The lowest BCUT2D eigenvalue weighted by atomic mass is 10.0. The Morgan fingerprint density at radius 1 is 1.00 bits per heavy atom. The van der Waals surface area contributed by atoms with E-state index in [1.165, 1.54) is 0 Å². The summed E-state index contributed by atoms with van der Waals surface area (Å²) in [5, 5.41) is 2.86. The van der Waals surface area contributed by atoms with Crippen LogP contribution in [0.4, 0.5) is 11.5 Å². The van der Waals surface area contributed by atoms with E-state index in [9.17, 15) is 9.59 Å². The molecule has 6 rings (SSSR count). The minimum Gasteiger partial charge on any atom is -0.493 e. The van der Waals surface area contributed by atoms with Crippen molar-refractivity contribution in [3.63, 3.8) is 0 Å². The minimum atomic E-state index is -0.478. The smallest absolute Gasteiger partial charge is 0.261 e. The Bertz CT molecular complexity index is 1770. The van der Waals surface area contributed by atoms with Crippen molar-refractivity contribution in [1.82, 2.24) is 9.55 Å². The molecule has 2 aliphatic heterocycles. The molecule has 246 valence electrons. The second-order valence-corrected chi connectivity index (χ2v) is 12.4. The van der Waals surface area contributed by atoms with Crippen LogP contribution >= 0.6 is 15.9 Å². The lowest BCUT2D eigenvalue weighted by Crippen LogP contribution is -2.33. The number of aromatic nitrogens is 2. The van der Waals surface area contributed by atoms with E-state index in [4.69, 9.17) is 29.4 Å². The first-order valence-electron chi connectivity index (χ1n) is 15.5. The number of nitrogens with zero attached hydrogens (tertiary/aromatic N) is 2. The van der Waals surface area contributed by atoms with Crippen LogP contribution in [0.15, 0.2) is 76.4 Å². The van der Waals surface area contributed by atoms with Crippen LogP contribution in [-0.4, -0.2) is 68.3 Å². The quantitative estimate of drug-likeness (QED) is 0.222. The van der Waals surface area contributed by atoms with Crippen LogP contribution < -0.4 is 26.0 Å². The number of pyridine rings is 2. The van der Waals surface area contributed by atoms with Gasteiger partial charge in [-0.25, -0.2) is 4.98 Å². The van der Waals surface area contributed by atoms with Gasteiger partial charge in [-0.2, -0.15) is 0 Å². The van der Waals surface area contributed by atoms with Crippen LogP contribution in [-0.2, 0) is 20.8 Å². The summed E-state index contributed by atoms with van der Waals surface area (Å²) in [5.74, 6) is 1.51. The maximum Gasteiger partial charge on any atom is 0.261 e. The van der Waals surface area contributed by atoms with Gasteiger partial charge in [0.05, 0.1) is 31.4 Å². The summed E-state index contributed by atoms with van der Waals surface area (Å²) in [6.45, 7) is 4.17. The van der Waals surface area contributed by atoms with Gasteiger partial charge in [-0.05, 0) is 76.1 Å². The molecule has 1 unspecified atom stereocenters. The van der Waals surface area contributed by atoms with Crippen molar-refractivity contribution >= 4 is 33.3 Å². The normalized spacial score (nSPS) is 16.9. The van der Waals surface area contributed by atoms with Crippen LogP contribution in [0.25, 0.3) is 22.3 Å². The first-order valence-corrected chi connectivity index (χ1v) is 16.3. The number of carbonyl (C=O) groups excluding carboxylic acids is 1. The number of nitrogen functional groups attached to an aromatic ring is 1. The molecule has 0 radical (unpaired) electrons. The summed E-state index contributed by atoms with van der Waals surface area (Å²) in [6, 6.07) is 14.9. The summed E-state index contributed by atoms with van der Waals surface area (Å²) >= 11 is 3.34. The third kappa shape index (κ3) is 8.02. The van der Waals surface area contributed by atoms with Crippen molar-refractivity contribution in [3.8, 4) is 33.8 Å². The van der Waals surface area contributed by atoms with Crippen molar-refractivity contribution in [3.05, 3.63) is 87.4 Å². The molecule has 3 N–H and O–H groups in total. The van der Waals surface area contributed by atoms with Crippen molar-refractivity contribution in [2.24, 2.45) is 5.92 Å². The highest BCUT2D eigenvalue weighted by atomic mass is 79.9. The number of nitrogens with one attached hydrogen (secondary N) is 1. The van der Waals surface area contributed by atoms with Crippen molar-refractivity contribution in [2.75, 3.05) is 57.8 Å². The molecule has 11 nitrogen and oxygen atoms in total. The van der Waals surface area contributed by atoms with Gasteiger partial charge >= 0.3 is 0 Å². The number of anilines is 2. The molecule has 1 amide bonds. The van der Waals surface area contributed by atoms with E-state index in [0.29, 0.717) is 66.4 Å². The molecular weight excluding hydrogens is 668 g/mol. The summed E-state index contributed by atoms with van der Waals surface area (Å²) in [5.41, 5.74) is 9.82. The zero-order valence-electron chi connectivity index (χ0n) is 26.1. The molecule has 0 spiro atoms. The fourth-order valence-corrected chi connectivity index (χ4v) is 6.14. The SMILES string of the molecule is COc1cc(-c2cnc(N)c(-c3ccc(NC(=O)c4cn(CC5CCOCC5)cc(Br)c4=O)cc3)c2)ccc1OCC1COCCO1. The Hall–Kier alpha value is -4.23. The van der Waals surface area contributed by atoms with Gasteiger partial charge in [0.2, 0.25) is 5.43 Å². The number of amides is 1. The highest BCUT2D eigenvalue weighted by Crippen LogP contribution is 2.35. The van der Waals surface area contributed by atoms with Gasteiger partial charge in [0, 0.05) is 55.2 Å². The number of hydrogen-bond donors (Lipinski definition) is 2. The molecule has 2 aromatic heterocycles. The largest absolute Gasteiger partial charge is 0.493 e. The molecule has 4 heterocycles. The van der Waals surface area contributed by atoms with Crippen LogP contribution in [0, 0.1) is 5.92 Å². The van der Waals surface area contributed by atoms with E-state index in [-0.39, 0.29) is 17.1 Å². The van der Waals surface area contributed by atoms with Gasteiger partial charge in [0.1, 0.15) is 24.1 Å². The predicted molar refractivity (Wildman–Crippen MR) is 182 cm³/mol. The van der Waals surface area contributed by atoms with Gasteiger partial charge in [-0.3, -0.25) is 9.59 Å². The van der Waals surface area contributed by atoms with Gasteiger partial charge < -0.3 is 39.3 Å². The first-order chi connectivity index (χ1) is 22.9. The Morgan fingerprint density at radius 3 is 2.53 bits per heavy atom. The first kappa shape index (κ1) is 32.7. The topological polar surface area (TPSA) is 136 Å². The predicted octanol–water partition coefficient (Wildman–Crippen LogP) is 5.40. The number of hydrogen-bond acceptors (Lipinski definition) is 9. The Morgan fingerprint density at radius 2 is 1.79 bits per heavy atom. The van der Waals surface area contributed by atoms with Crippen molar-refractivity contribution in [1.29, 1.82) is 0 Å². The van der Waals surface area contributed by atoms with E-state index in [1.54, 1.807) is 37.8 Å². The average molecular weight is 706 g/mol. The van der Waals surface area contributed by atoms with Crippen LogP contribution in [0.3, 0.4) is 0 Å². The number of benzene rings is 2. The molecule has 2 saturated heterocycles. The number of ether oxygens (including phenoxy) is 5. The average Bonchev–Trinajstić information content (AvgIpc) is 3.10. The number of halogens is 1. The standard InChI is InChI=1S/C35H37BrN4O7/c1-43-32-15-24(4-7-31(32)47-21-27-20-45-12-13-46-27)25-14-28(34(37)38-16-25)23-2-5-26(6-3-23)39-35(42)29-18-40(19-30(36)33(29)41)17-22-8-10-44-11-9-22/h2-7,14-16,18-19,22,27H,8-13,17,20-21H2,1H3,(H2,37,38)(H,39,42). The molecular formula is C35H37BrN4O7. The molecule has 4 aromatic rings. The zero-order valence-corrected chi connectivity index (χ0v) is 27.7. The zero-order chi connectivity index (χ0) is 32.8. The Labute approximate surface area is 281 Å². The molecule has 1 atom stereocenters. The van der Waals surface area contributed by atoms with E-state index < -0.39 is 5.91 Å². The van der Waals surface area contributed by atoms with Crippen LogP contribution in [0.1, 0.15) is 23.2 Å². The Kier molecular flexibility index (Phi) is 10.5. The monoisotopic (exact) mass is 704 g/mol. The van der Waals surface area contributed by atoms with Gasteiger partial charge in [-0.15, -0.1) is 0 Å². The molecule has 0 bridgehead atoms. The lowest BCUT2D eigenvalue weighted by Gasteiger charge is -2.23. The number of rotatable bonds is 10. The van der Waals surface area contributed by atoms with Crippen molar-refractivity contribution in [2.45, 2.75) is 25.5 Å². The molecule has 0 aliphatic carbocycles. The maximum atomic E-state index is 13.2. The van der Waals surface area contributed by atoms with E-state index in [0.717, 1.165) is 48.3 Å². The Balaban J connectivity index is 1.15. The highest BCUT2D eigenvalue weighted by molar-refractivity contribution is 9.10. The molecule has 2 aliphatic rings. The van der Waals surface area contributed by atoms with Crippen molar-refractivity contribution < 1.29 is 28.5 Å². The summed E-state index contributed by atoms with van der Waals surface area (Å²) in [4.78, 5) is 30.5. The van der Waals surface area contributed by atoms with Gasteiger partial charge in [0.15, 0.2) is 11.5 Å². The third-order valence-electron chi connectivity index (χ3n) is 8.27. The van der Waals surface area contributed by atoms with E-state index in [1.807, 2.05) is 41.0 Å². The van der Waals surface area contributed by atoms with Crippen LogP contribution in [0.2, 0.25) is 0 Å². The summed E-state index contributed by atoms with van der Waals surface area (Å²) in [6.07, 6.45) is 6.84. The van der Waals surface area contributed by atoms with Crippen LogP contribution in [0.5, 0.6) is 11.5 Å². The molecule has 47 heavy (non-hydrogen) atoms. The lowest BCUT2D eigenvalue weighted by molar-refractivity contribution is -0.101. The van der Waals surface area contributed by atoms with E-state index >= 15 is 0 Å². The number of carbonyl (C=O) groups is 1. The van der Waals surface area contributed by atoms with E-state index in [2.05, 4.69) is 26.2 Å². The van der Waals surface area contributed by atoms with Gasteiger partial charge in [0.25, 0.3) is 5.91 Å². The highest BCUT2D eigenvalue weighted by Gasteiger charge is 2.19. The minimum absolute atomic E-state index is 0.0693. The fraction of sp³-hybridized carbons (Fsp3) is 0.343. The maximum absolute atomic E-state index is 13.2. The fourth-order valence-electron chi connectivity index (χ4n) is 5.67. The second kappa shape index (κ2) is 15.1. The molecule has 2 aromatic carbocycles. The number of nitrogens with two attached hydrogens (primary N) is 1. The summed E-state index contributed by atoms with van der Waals surface area (Å²) in [7, 11) is 1.60. The second-order valence-electron chi connectivity index (χ2n) is 11.5. The molecule has 12 heteroatoms. The molecule has 0 saturated carbocycles. The molecule has 2 fully saturated rings. The van der Waals surface area contributed by atoms with Gasteiger partial charge in [-0.1, -0.05) is 18.2 Å².